The molecule has 0 spiro atoms. The summed E-state index contributed by atoms with van der Waals surface area (Å²) >= 11 is 7.61. The summed E-state index contributed by atoms with van der Waals surface area (Å²) in [6.07, 6.45) is 2.23. The van der Waals surface area contributed by atoms with Crippen LogP contribution in [0.5, 0.6) is 5.75 Å². The molecule has 1 heterocycles. The fraction of sp³-hybridized carbons (Fsp3) is 0.185. The number of aromatic hydroxyl groups is 1. The van der Waals surface area contributed by atoms with E-state index in [-0.39, 0.29) is 28.2 Å². The fourth-order valence-electron chi connectivity index (χ4n) is 3.67. The van der Waals surface area contributed by atoms with Crippen molar-refractivity contribution in [3.05, 3.63) is 94.0 Å². The standard InChI is InChI=1S/C27H27ClN8O3S/c1-36(2)13-12-24(40-27-32-34-35-33-27)18-4-3-5-19(14-18)25(38)30-23-11-8-20(28)15-22(23)26(39)31-29-16-17-6-9-21(37)10-7-17/h3-11,14-16,24,37H,12-13H2,1-2H3,(H,30,38)(H,31,39)(H,32,33,34,35). The first kappa shape index (κ1) is 28.7. The fourth-order valence-corrected chi connectivity index (χ4v) is 4.79. The average Bonchev–Trinajstić information content (AvgIpc) is 3.46. The summed E-state index contributed by atoms with van der Waals surface area (Å²) in [6.45, 7) is 0.824. The summed E-state index contributed by atoms with van der Waals surface area (Å²) in [7, 11) is 4.00. The van der Waals surface area contributed by atoms with E-state index >= 15 is 0 Å². The van der Waals surface area contributed by atoms with E-state index in [4.69, 9.17) is 11.6 Å². The highest BCUT2D eigenvalue weighted by atomic mass is 35.5. The Kier molecular flexibility index (Phi) is 9.84. The zero-order valence-electron chi connectivity index (χ0n) is 21.7. The second-order valence-electron chi connectivity index (χ2n) is 8.95. The third-order valence-electron chi connectivity index (χ3n) is 5.68. The first-order valence-electron chi connectivity index (χ1n) is 12.2. The maximum atomic E-state index is 13.3. The Labute approximate surface area is 240 Å². The van der Waals surface area contributed by atoms with Crippen LogP contribution in [0.3, 0.4) is 0 Å². The van der Waals surface area contributed by atoms with E-state index in [1.807, 2.05) is 32.3 Å². The van der Waals surface area contributed by atoms with E-state index < -0.39 is 5.91 Å². The van der Waals surface area contributed by atoms with Gasteiger partial charge < -0.3 is 15.3 Å². The van der Waals surface area contributed by atoms with Gasteiger partial charge in [0.05, 0.1) is 17.5 Å². The Morgan fingerprint density at radius 2 is 1.93 bits per heavy atom. The van der Waals surface area contributed by atoms with Gasteiger partial charge in [0.15, 0.2) is 0 Å². The average molecular weight is 579 g/mol. The van der Waals surface area contributed by atoms with Crippen molar-refractivity contribution in [1.82, 2.24) is 30.9 Å². The number of carbonyl (C=O) groups excluding carboxylic acids is 2. The van der Waals surface area contributed by atoms with Crippen LogP contribution >= 0.6 is 23.4 Å². The molecule has 0 saturated carbocycles. The zero-order valence-corrected chi connectivity index (χ0v) is 23.3. The van der Waals surface area contributed by atoms with Gasteiger partial charge in [-0.15, -0.1) is 10.2 Å². The molecule has 40 heavy (non-hydrogen) atoms. The first-order valence-corrected chi connectivity index (χ1v) is 13.4. The van der Waals surface area contributed by atoms with Crippen LogP contribution in [0.15, 0.2) is 77.0 Å². The SMILES string of the molecule is CN(C)CCC(Sc1nn[nH]n1)c1cccc(C(=O)Nc2ccc(Cl)cc2C(=O)NN=Cc2ccc(O)cc2)c1. The van der Waals surface area contributed by atoms with Crippen LogP contribution in [0.1, 0.15) is 43.5 Å². The quantitative estimate of drug-likeness (QED) is 0.116. The highest BCUT2D eigenvalue weighted by Crippen LogP contribution is 2.36. The number of benzene rings is 3. The van der Waals surface area contributed by atoms with Gasteiger partial charge in [0.2, 0.25) is 5.16 Å². The number of rotatable bonds is 11. The summed E-state index contributed by atoms with van der Waals surface area (Å²) in [5, 5.41) is 31.2. The molecule has 206 valence electrons. The predicted octanol–water partition coefficient (Wildman–Crippen LogP) is 4.36. The van der Waals surface area contributed by atoms with Crippen molar-refractivity contribution in [2.75, 3.05) is 26.0 Å². The van der Waals surface area contributed by atoms with Crippen LogP contribution in [-0.2, 0) is 0 Å². The van der Waals surface area contributed by atoms with Crippen LogP contribution < -0.4 is 10.7 Å². The molecule has 0 saturated heterocycles. The van der Waals surface area contributed by atoms with Crippen LogP contribution in [-0.4, -0.2) is 69.3 Å². The van der Waals surface area contributed by atoms with Gasteiger partial charge in [-0.25, -0.2) is 5.43 Å². The van der Waals surface area contributed by atoms with Gasteiger partial charge in [0.25, 0.3) is 11.8 Å². The molecule has 4 rings (SSSR count). The number of tetrazole rings is 1. The Balaban J connectivity index is 1.50. The molecule has 3 aromatic carbocycles. The molecule has 0 fully saturated rings. The van der Waals surface area contributed by atoms with Crippen molar-refractivity contribution >= 4 is 47.1 Å². The molecule has 0 bridgehead atoms. The normalized spacial score (nSPS) is 12.0. The molecule has 0 aliphatic heterocycles. The third kappa shape index (κ3) is 8.12. The maximum absolute atomic E-state index is 13.3. The lowest BCUT2D eigenvalue weighted by Gasteiger charge is -2.18. The number of hydrazone groups is 1. The Morgan fingerprint density at radius 1 is 1.12 bits per heavy atom. The summed E-state index contributed by atoms with van der Waals surface area (Å²) in [6, 6.07) is 18.2. The number of halogens is 1. The monoisotopic (exact) mass is 578 g/mol. The Hall–Kier alpha value is -4.26. The van der Waals surface area contributed by atoms with Crippen LogP contribution in [0.25, 0.3) is 0 Å². The Bertz CT molecular complexity index is 1480. The number of anilines is 1. The number of H-pyrrole nitrogens is 1. The zero-order chi connectivity index (χ0) is 28.5. The lowest BCUT2D eigenvalue weighted by Crippen LogP contribution is -2.21. The maximum Gasteiger partial charge on any atom is 0.273 e. The van der Waals surface area contributed by atoms with Crippen molar-refractivity contribution in [2.45, 2.75) is 16.8 Å². The number of aromatic amines is 1. The van der Waals surface area contributed by atoms with Gasteiger partial charge in [0, 0.05) is 15.8 Å². The topological polar surface area (TPSA) is 148 Å². The Morgan fingerprint density at radius 3 is 2.65 bits per heavy atom. The molecule has 1 atom stereocenters. The molecule has 13 heteroatoms. The lowest BCUT2D eigenvalue weighted by atomic mass is 10.0. The summed E-state index contributed by atoms with van der Waals surface area (Å²) in [4.78, 5) is 28.3. The van der Waals surface area contributed by atoms with Gasteiger partial charge in [-0.05, 0) is 98.0 Å². The largest absolute Gasteiger partial charge is 0.508 e. The van der Waals surface area contributed by atoms with Gasteiger partial charge in [-0.3, -0.25) is 9.59 Å². The molecular formula is C27H27ClN8O3S. The number of hydrogen-bond acceptors (Lipinski definition) is 9. The van der Waals surface area contributed by atoms with E-state index in [1.54, 1.807) is 30.3 Å². The van der Waals surface area contributed by atoms with E-state index in [1.165, 1.54) is 36.2 Å². The van der Waals surface area contributed by atoms with Crippen LogP contribution in [0.4, 0.5) is 5.69 Å². The molecule has 1 unspecified atom stereocenters. The minimum Gasteiger partial charge on any atom is -0.508 e. The number of nitrogens with one attached hydrogen (secondary N) is 3. The van der Waals surface area contributed by atoms with Gasteiger partial charge >= 0.3 is 0 Å². The van der Waals surface area contributed by atoms with E-state index in [9.17, 15) is 14.7 Å². The first-order chi connectivity index (χ1) is 19.3. The molecule has 0 aliphatic rings. The van der Waals surface area contributed by atoms with Crippen molar-refractivity contribution < 1.29 is 14.7 Å². The number of carbonyl (C=O) groups is 2. The summed E-state index contributed by atoms with van der Waals surface area (Å²) in [5.41, 5.74) is 4.91. The molecule has 0 aliphatic carbocycles. The predicted molar refractivity (Wildman–Crippen MR) is 155 cm³/mol. The molecule has 0 radical (unpaired) electrons. The van der Waals surface area contributed by atoms with Gasteiger partial charge in [-0.2, -0.15) is 10.3 Å². The molecule has 4 aromatic rings. The van der Waals surface area contributed by atoms with Crippen molar-refractivity contribution in [3.8, 4) is 5.75 Å². The minimum atomic E-state index is -0.554. The highest BCUT2D eigenvalue weighted by Gasteiger charge is 2.19. The number of thioether (sulfide) groups is 1. The molecule has 1 aromatic heterocycles. The third-order valence-corrected chi connectivity index (χ3v) is 7.09. The minimum absolute atomic E-state index is 0.0175. The summed E-state index contributed by atoms with van der Waals surface area (Å²) < 4.78 is 0. The number of aromatic nitrogens is 4. The van der Waals surface area contributed by atoms with Crippen molar-refractivity contribution in [3.63, 3.8) is 0 Å². The van der Waals surface area contributed by atoms with Gasteiger partial charge in [0.1, 0.15) is 5.75 Å². The smallest absolute Gasteiger partial charge is 0.273 e. The number of phenolic OH excluding ortho intramolecular Hbond substituents is 1. The number of phenols is 1. The molecule has 11 nitrogen and oxygen atoms in total. The van der Waals surface area contributed by atoms with Crippen LogP contribution in [0.2, 0.25) is 5.02 Å². The summed E-state index contributed by atoms with van der Waals surface area (Å²) in [5.74, 6) is -0.815. The van der Waals surface area contributed by atoms with E-state index in [0.29, 0.717) is 21.3 Å². The second kappa shape index (κ2) is 13.7. The van der Waals surface area contributed by atoms with E-state index in [0.717, 1.165) is 18.5 Å². The van der Waals surface area contributed by atoms with Crippen LogP contribution in [0, 0.1) is 0 Å². The lowest BCUT2D eigenvalue weighted by molar-refractivity contribution is 0.0956. The number of amides is 2. The highest BCUT2D eigenvalue weighted by molar-refractivity contribution is 7.99. The second-order valence-corrected chi connectivity index (χ2v) is 10.6. The number of nitrogens with zero attached hydrogens (tertiary/aromatic N) is 5. The van der Waals surface area contributed by atoms with Gasteiger partial charge in [-0.1, -0.05) is 35.5 Å². The van der Waals surface area contributed by atoms with Crippen molar-refractivity contribution in [2.24, 2.45) is 5.10 Å². The molecule has 4 N–H and O–H groups in total. The molecular weight excluding hydrogens is 552 g/mol. The van der Waals surface area contributed by atoms with E-state index in [2.05, 4.69) is 41.4 Å². The van der Waals surface area contributed by atoms with Crippen molar-refractivity contribution in [1.29, 1.82) is 0 Å². The number of hydrogen-bond donors (Lipinski definition) is 4. The molecule has 2 amide bonds.